The van der Waals surface area contributed by atoms with Crippen molar-refractivity contribution in [2.24, 2.45) is 0 Å². The lowest BCUT2D eigenvalue weighted by Crippen LogP contribution is -2.28. The molecule has 0 unspecified atom stereocenters. The summed E-state index contributed by atoms with van der Waals surface area (Å²) in [4.78, 5) is 21.3. The van der Waals surface area contributed by atoms with E-state index in [4.69, 9.17) is 11.6 Å². The second kappa shape index (κ2) is 8.51. The number of amides is 1. The maximum atomic E-state index is 12.2. The van der Waals surface area contributed by atoms with Gasteiger partial charge in [-0.05, 0) is 44.2 Å². The summed E-state index contributed by atoms with van der Waals surface area (Å²) in [5.41, 5.74) is 3.28. The van der Waals surface area contributed by atoms with Crippen molar-refractivity contribution in [3.63, 3.8) is 0 Å². The maximum Gasteiger partial charge on any atom is 0.251 e. The van der Waals surface area contributed by atoms with Crippen LogP contribution in [-0.4, -0.2) is 38.7 Å². The monoisotopic (exact) mass is 420 g/mol. The Balaban J connectivity index is 1.47. The number of nitrogens with zero attached hydrogens (tertiary/aromatic N) is 4. The number of carbonyl (C=O) groups is 1. The lowest BCUT2D eigenvalue weighted by molar-refractivity contribution is 0.0955. The number of rotatable bonds is 6. The first kappa shape index (κ1) is 19.8. The van der Waals surface area contributed by atoms with Gasteiger partial charge >= 0.3 is 0 Å². The number of halogens is 1. The van der Waals surface area contributed by atoms with Crippen molar-refractivity contribution < 1.29 is 4.79 Å². The minimum atomic E-state index is -0.102. The molecule has 0 spiro atoms. The van der Waals surface area contributed by atoms with Gasteiger partial charge < -0.3 is 10.6 Å². The quantitative estimate of drug-likeness (QED) is 0.462. The van der Waals surface area contributed by atoms with Crippen LogP contribution in [0, 0.1) is 13.8 Å². The Hall–Kier alpha value is -3.45. The average Bonchev–Trinajstić information content (AvgIpc) is 3.15. The van der Waals surface area contributed by atoms with Crippen molar-refractivity contribution in [1.29, 1.82) is 0 Å². The number of benzene rings is 2. The predicted octanol–water partition coefficient (Wildman–Crippen LogP) is 3.93. The molecule has 0 fully saturated rings. The zero-order valence-corrected chi connectivity index (χ0v) is 17.4. The van der Waals surface area contributed by atoms with Crippen LogP contribution in [0.15, 0.2) is 54.7 Å². The second-order valence-electron chi connectivity index (χ2n) is 6.94. The normalized spacial score (nSPS) is 10.9. The Morgan fingerprint density at radius 3 is 2.63 bits per heavy atom. The Labute approximate surface area is 179 Å². The molecule has 2 aromatic heterocycles. The van der Waals surface area contributed by atoms with Gasteiger partial charge in [-0.15, -0.1) is 0 Å². The molecule has 0 atom stereocenters. The highest BCUT2D eigenvalue weighted by Gasteiger charge is 2.13. The van der Waals surface area contributed by atoms with E-state index in [1.165, 1.54) is 0 Å². The van der Waals surface area contributed by atoms with Crippen LogP contribution in [-0.2, 0) is 0 Å². The second-order valence-corrected chi connectivity index (χ2v) is 7.38. The molecule has 2 N–H and O–H groups in total. The topological polar surface area (TPSA) is 84.7 Å². The number of anilines is 1. The molecule has 7 nitrogen and oxygen atoms in total. The molecular weight excluding hydrogens is 400 g/mol. The van der Waals surface area contributed by atoms with Gasteiger partial charge in [0.2, 0.25) is 0 Å². The molecule has 0 radical (unpaired) electrons. The van der Waals surface area contributed by atoms with Crippen LogP contribution in [0.5, 0.6) is 0 Å². The third-order valence-electron chi connectivity index (χ3n) is 4.61. The van der Waals surface area contributed by atoms with Gasteiger partial charge in [0.25, 0.3) is 5.91 Å². The van der Waals surface area contributed by atoms with E-state index in [9.17, 15) is 4.79 Å². The third kappa shape index (κ3) is 4.26. The highest BCUT2D eigenvalue weighted by molar-refractivity contribution is 6.30. The minimum Gasteiger partial charge on any atom is -0.368 e. The van der Waals surface area contributed by atoms with Crippen LogP contribution in [0.1, 0.15) is 21.7 Å². The first-order valence-corrected chi connectivity index (χ1v) is 9.96. The van der Waals surface area contributed by atoms with E-state index >= 15 is 0 Å². The SMILES string of the molecule is Cc1ccc(C(=O)NCCNc2nc(C)nc3c2cnn3-c2cccc(Cl)c2)cc1. The van der Waals surface area contributed by atoms with Gasteiger partial charge in [-0.25, -0.2) is 14.6 Å². The standard InChI is InChI=1S/C22H21ClN6O/c1-14-6-8-16(9-7-14)22(30)25-11-10-24-20-19-13-26-29(21(19)28-15(2)27-20)18-5-3-4-17(23)12-18/h3-9,12-13H,10-11H2,1-2H3,(H,25,30)(H,24,27,28). The number of aromatic nitrogens is 4. The summed E-state index contributed by atoms with van der Waals surface area (Å²) in [6.07, 6.45) is 1.73. The van der Waals surface area contributed by atoms with Gasteiger partial charge in [-0.2, -0.15) is 5.10 Å². The van der Waals surface area contributed by atoms with Gasteiger partial charge in [0.05, 0.1) is 17.3 Å². The Kier molecular flexibility index (Phi) is 5.63. The van der Waals surface area contributed by atoms with E-state index in [1.807, 2.05) is 62.4 Å². The molecule has 0 bridgehead atoms. The molecule has 4 rings (SSSR count). The number of carbonyl (C=O) groups excluding carboxylic acids is 1. The van der Waals surface area contributed by atoms with E-state index in [1.54, 1.807) is 10.9 Å². The first-order valence-electron chi connectivity index (χ1n) is 9.58. The average molecular weight is 421 g/mol. The molecule has 0 saturated heterocycles. The van der Waals surface area contributed by atoms with Gasteiger partial charge in [0.1, 0.15) is 11.6 Å². The summed E-state index contributed by atoms with van der Waals surface area (Å²) in [5, 5.41) is 12.1. The zero-order valence-electron chi connectivity index (χ0n) is 16.7. The number of fused-ring (bicyclic) bond motifs is 1. The molecule has 0 aliphatic heterocycles. The van der Waals surface area contributed by atoms with Crippen LogP contribution in [0.4, 0.5) is 5.82 Å². The van der Waals surface area contributed by atoms with Crippen molar-refractivity contribution in [2.75, 3.05) is 18.4 Å². The van der Waals surface area contributed by atoms with E-state index in [-0.39, 0.29) is 5.91 Å². The van der Waals surface area contributed by atoms with Gasteiger partial charge in [0, 0.05) is 23.7 Å². The summed E-state index contributed by atoms with van der Waals surface area (Å²) < 4.78 is 1.74. The molecule has 152 valence electrons. The summed E-state index contributed by atoms with van der Waals surface area (Å²) >= 11 is 6.12. The van der Waals surface area contributed by atoms with Crippen LogP contribution in [0.25, 0.3) is 16.7 Å². The molecular formula is C22H21ClN6O. The van der Waals surface area contributed by atoms with E-state index < -0.39 is 0 Å². The van der Waals surface area contributed by atoms with E-state index in [0.29, 0.717) is 41.0 Å². The van der Waals surface area contributed by atoms with Gasteiger partial charge in [0.15, 0.2) is 5.65 Å². The molecule has 4 aromatic rings. The largest absolute Gasteiger partial charge is 0.368 e. The lowest BCUT2D eigenvalue weighted by atomic mass is 10.1. The highest BCUT2D eigenvalue weighted by Crippen LogP contribution is 2.23. The van der Waals surface area contributed by atoms with Crippen molar-refractivity contribution in [1.82, 2.24) is 25.1 Å². The van der Waals surface area contributed by atoms with Crippen molar-refractivity contribution in [2.45, 2.75) is 13.8 Å². The van der Waals surface area contributed by atoms with Crippen molar-refractivity contribution >= 4 is 34.4 Å². The number of hydrogen-bond acceptors (Lipinski definition) is 5. The van der Waals surface area contributed by atoms with Gasteiger partial charge in [-0.1, -0.05) is 35.4 Å². The van der Waals surface area contributed by atoms with Crippen LogP contribution in [0.3, 0.4) is 0 Å². The van der Waals surface area contributed by atoms with Crippen molar-refractivity contribution in [3.05, 3.63) is 76.7 Å². The summed E-state index contributed by atoms with van der Waals surface area (Å²) in [6, 6.07) is 14.9. The zero-order chi connectivity index (χ0) is 21.1. The highest BCUT2D eigenvalue weighted by atomic mass is 35.5. The predicted molar refractivity (Wildman–Crippen MR) is 118 cm³/mol. The fourth-order valence-electron chi connectivity index (χ4n) is 3.11. The number of aryl methyl sites for hydroxylation is 2. The van der Waals surface area contributed by atoms with Crippen molar-refractivity contribution in [3.8, 4) is 5.69 Å². The summed E-state index contributed by atoms with van der Waals surface area (Å²) in [7, 11) is 0. The summed E-state index contributed by atoms with van der Waals surface area (Å²) in [5.74, 6) is 1.20. The van der Waals surface area contributed by atoms with Crippen LogP contribution in [0.2, 0.25) is 5.02 Å². The van der Waals surface area contributed by atoms with Crippen LogP contribution >= 0.6 is 11.6 Å². The minimum absolute atomic E-state index is 0.102. The summed E-state index contributed by atoms with van der Waals surface area (Å²) in [6.45, 7) is 4.80. The van der Waals surface area contributed by atoms with E-state index in [2.05, 4.69) is 25.7 Å². The third-order valence-corrected chi connectivity index (χ3v) is 4.84. The Morgan fingerprint density at radius 1 is 1.07 bits per heavy atom. The van der Waals surface area contributed by atoms with Gasteiger partial charge in [-0.3, -0.25) is 4.79 Å². The first-order chi connectivity index (χ1) is 14.5. The molecule has 30 heavy (non-hydrogen) atoms. The number of nitrogens with one attached hydrogen (secondary N) is 2. The number of hydrogen-bond donors (Lipinski definition) is 2. The lowest BCUT2D eigenvalue weighted by Gasteiger charge is -2.10. The Bertz CT molecular complexity index is 1200. The molecule has 1 amide bonds. The smallest absolute Gasteiger partial charge is 0.251 e. The van der Waals surface area contributed by atoms with E-state index in [0.717, 1.165) is 16.6 Å². The fraction of sp³-hybridized carbons (Fsp3) is 0.182. The van der Waals surface area contributed by atoms with Crippen LogP contribution < -0.4 is 10.6 Å². The fourth-order valence-corrected chi connectivity index (χ4v) is 3.30. The molecule has 2 aromatic carbocycles. The maximum absolute atomic E-state index is 12.2. The molecule has 2 heterocycles. The molecule has 0 aliphatic rings. The molecule has 8 heteroatoms. The Morgan fingerprint density at radius 2 is 1.87 bits per heavy atom. The molecule has 0 saturated carbocycles. The molecule has 0 aliphatic carbocycles.